The molecule has 0 saturated heterocycles. The van der Waals surface area contributed by atoms with Crippen LogP contribution in [0.3, 0.4) is 0 Å². The van der Waals surface area contributed by atoms with Crippen LogP contribution in [0.4, 0.5) is 0 Å². The fraction of sp³-hybridized carbons (Fsp3) is 0.200. The van der Waals surface area contributed by atoms with E-state index in [0.717, 1.165) is 21.4 Å². The number of dihydropyridines is 1. The van der Waals surface area contributed by atoms with Crippen LogP contribution in [0.1, 0.15) is 25.3 Å². The minimum atomic E-state index is -0.274. The zero-order valence-corrected chi connectivity index (χ0v) is 12.2. The highest BCUT2D eigenvalue weighted by atomic mass is 79.9. The third-order valence-corrected chi connectivity index (χ3v) is 3.73. The van der Waals surface area contributed by atoms with Gasteiger partial charge in [0.05, 0.1) is 29.2 Å². The van der Waals surface area contributed by atoms with E-state index < -0.39 is 0 Å². The topological polar surface area (TPSA) is 59.6 Å². The number of hydrogen-bond donors (Lipinski definition) is 1. The maximum absolute atomic E-state index is 9.36. The van der Waals surface area contributed by atoms with Crippen LogP contribution in [-0.2, 0) is 0 Å². The lowest BCUT2D eigenvalue weighted by molar-refractivity contribution is 0.814. The monoisotopic (exact) mass is 313 g/mol. The van der Waals surface area contributed by atoms with Crippen molar-refractivity contribution in [2.75, 3.05) is 0 Å². The number of halogens is 1. The molecule has 0 amide bonds. The molecule has 0 saturated carbocycles. The standard InChI is InChI=1S/C15H12BrN3/c1-9-13(7-17)15(14(8-18)10(2)19-9)11-3-5-12(16)6-4-11/h3-6,15,19H,1-2H3. The molecule has 0 atom stereocenters. The Hall–Kier alpha value is -2.04. The molecule has 0 fully saturated rings. The molecule has 1 aliphatic rings. The van der Waals surface area contributed by atoms with E-state index in [-0.39, 0.29) is 5.92 Å². The van der Waals surface area contributed by atoms with Crippen LogP contribution >= 0.6 is 15.9 Å². The zero-order chi connectivity index (χ0) is 14.0. The molecule has 1 heterocycles. The molecule has 0 aromatic heterocycles. The molecule has 0 unspecified atom stereocenters. The van der Waals surface area contributed by atoms with Gasteiger partial charge >= 0.3 is 0 Å². The Morgan fingerprint density at radius 3 is 1.89 bits per heavy atom. The van der Waals surface area contributed by atoms with Gasteiger partial charge in [0.25, 0.3) is 0 Å². The van der Waals surface area contributed by atoms with E-state index in [1.54, 1.807) is 0 Å². The molecular formula is C15H12BrN3. The van der Waals surface area contributed by atoms with Crippen molar-refractivity contribution in [1.82, 2.24) is 5.32 Å². The van der Waals surface area contributed by atoms with Gasteiger partial charge in [0.1, 0.15) is 0 Å². The first-order valence-electron chi connectivity index (χ1n) is 5.82. The van der Waals surface area contributed by atoms with Crippen molar-refractivity contribution >= 4 is 15.9 Å². The molecule has 2 rings (SSSR count). The van der Waals surface area contributed by atoms with E-state index in [9.17, 15) is 10.5 Å². The smallest absolute Gasteiger partial charge is 0.0975 e. The average molecular weight is 314 g/mol. The van der Waals surface area contributed by atoms with Crippen LogP contribution in [0, 0.1) is 22.7 Å². The highest BCUT2D eigenvalue weighted by molar-refractivity contribution is 9.10. The molecule has 94 valence electrons. The lowest BCUT2D eigenvalue weighted by atomic mass is 9.82. The van der Waals surface area contributed by atoms with Gasteiger partial charge in [-0.3, -0.25) is 0 Å². The van der Waals surface area contributed by atoms with Gasteiger partial charge in [0, 0.05) is 15.9 Å². The van der Waals surface area contributed by atoms with Crippen molar-refractivity contribution in [1.29, 1.82) is 10.5 Å². The van der Waals surface area contributed by atoms with Crippen LogP contribution in [0.25, 0.3) is 0 Å². The van der Waals surface area contributed by atoms with Crippen LogP contribution in [0.5, 0.6) is 0 Å². The second kappa shape index (κ2) is 5.30. The molecule has 19 heavy (non-hydrogen) atoms. The fourth-order valence-electron chi connectivity index (χ4n) is 2.28. The summed E-state index contributed by atoms with van der Waals surface area (Å²) < 4.78 is 0.976. The summed E-state index contributed by atoms with van der Waals surface area (Å²) in [6, 6.07) is 12.2. The minimum absolute atomic E-state index is 0.274. The number of allylic oxidation sites excluding steroid dienone is 4. The quantitative estimate of drug-likeness (QED) is 0.859. The predicted molar refractivity (Wildman–Crippen MR) is 76.6 cm³/mol. The largest absolute Gasteiger partial charge is 0.361 e. The van der Waals surface area contributed by atoms with Crippen molar-refractivity contribution in [3.05, 3.63) is 56.8 Å². The molecule has 4 heteroatoms. The normalized spacial score (nSPS) is 15.8. The number of nitriles is 2. The Morgan fingerprint density at radius 1 is 1.00 bits per heavy atom. The van der Waals surface area contributed by atoms with Crippen LogP contribution in [-0.4, -0.2) is 0 Å². The summed E-state index contributed by atoms with van der Waals surface area (Å²) in [5.41, 5.74) is 3.78. The first kappa shape index (κ1) is 13.4. The van der Waals surface area contributed by atoms with Gasteiger partial charge in [-0.05, 0) is 31.5 Å². The number of hydrogen-bond acceptors (Lipinski definition) is 3. The number of nitrogens with zero attached hydrogens (tertiary/aromatic N) is 2. The van der Waals surface area contributed by atoms with Gasteiger partial charge < -0.3 is 5.32 Å². The van der Waals surface area contributed by atoms with Gasteiger partial charge in [-0.25, -0.2) is 0 Å². The van der Waals surface area contributed by atoms with E-state index in [1.165, 1.54) is 0 Å². The first-order chi connectivity index (χ1) is 9.08. The Morgan fingerprint density at radius 2 is 1.47 bits per heavy atom. The summed E-state index contributed by atoms with van der Waals surface area (Å²) in [5, 5.41) is 21.8. The van der Waals surface area contributed by atoms with Gasteiger partial charge in [0.15, 0.2) is 0 Å². The van der Waals surface area contributed by atoms with E-state index in [2.05, 4.69) is 33.4 Å². The third-order valence-electron chi connectivity index (χ3n) is 3.20. The predicted octanol–water partition coefficient (Wildman–Crippen LogP) is 3.73. The van der Waals surface area contributed by atoms with Gasteiger partial charge in [-0.1, -0.05) is 28.1 Å². The van der Waals surface area contributed by atoms with Crippen LogP contribution in [0.2, 0.25) is 0 Å². The van der Waals surface area contributed by atoms with Crippen molar-refractivity contribution < 1.29 is 0 Å². The summed E-state index contributed by atoms with van der Waals surface area (Å²) in [5.74, 6) is -0.274. The van der Waals surface area contributed by atoms with E-state index >= 15 is 0 Å². The lowest BCUT2D eigenvalue weighted by Gasteiger charge is -2.26. The van der Waals surface area contributed by atoms with Crippen LogP contribution < -0.4 is 5.32 Å². The van der Waals surface area contributed by atoms with E-state index in [0.29, 0.717) is 11.1 Å². The molecule has 0 spiro atoms. The summed E-state index contributed by atoms with van der Waals surface area (Å²) in [6.45, 7) is 3.73. The Bertz CT molecular complexity index is 618. The summed E-state index contributed by atoms with van der Waals surface area (Å²) in [4.78, 5) is 0. The van der Waals surface area contributed by atoms with E-state index in [1.807, 2.05) is 38.1 Å². The third kappa shape index (κ3) is 2.41. The Kier molecular flexibility index (Phi) is 3.74. The molecule has 0 radical (unpaired) electrons. The minimum Gasteiger partial charge on any atom is -0.361 e. The Labute approximate surface area is 121 Å². The van der Waals surface area contributed by atoms with Crippen LogP contribution in [0.15, 0.2) is 51.3 Å². The molecule has 1 aromatic rings. The number of benzene rings is 1. The maximum atomic E-state index is 9.36. The zero-order valence-electron chi connectivity index (χ0n) is 10.7. The molecule has 1 aliphatic heterocycles. The molecular weight excluding hydrogens is 302 g/mol. The Balaban J connectivity index is 2.61. The molecule has 3 nitrogen and oxygen atoms in total. The van der Waals surface area contributed by atoms with Gasteiger partial charge in [0.2, 0.25) is 0 Å². The molecule has 1 N–H and O–H groups in total. The maximum Gasteiger partial charge on any atom is 0.0975 e. The summed E-state index contributed by atoms with van der Waals surface area (Å²) >= 11 is 3.39. The SMILES string of the molecule is CC1=C(C#N)C(c2ccc(Br)cc2)C(C#N)=C(C)N1. The summed E-state index contributed by atoms with van der Waals surface area (Å²) in [7, 11) is 0. The van der Waals surface area contributed by atoms with Crippen molar-refractivity contribution in [2.45, 2.75) is 19.8 Å². The van der Waals surface area contributed by atoms with E-state index in [4.69, 9.17) is 0 Å². The highest BCUT2D eigenvalue weighted by Gasteiger charge is 2.28. The van der Waals surface area contributed by atoms with Crippen molar-refractivity contribution in [2.24, 2.45) is 0 Å². The number of rotatable bonds is 1. The highest BCUT2D eigenvalue weighted by Crippen LogP contribution is 2.37. The second-order valence-electron chi connectivity index (χ2n) is 4.41. The average Bonchev–Trinajstić information content (AvgIpc) is 2.39. The van der Waals surface area contributed by atoms with Crippen molar-refractivity contribution in [3.63, 3.8) is 0 Å². The van der Waals surface area contributed by atoms with Gasteiger partial charge in [-0.15, -0.1) is 0 Å². The number of nitrogens with one attached hydrogen (secondary N) is 1. The van der Waals surface area contributed by atoms with Gasteiger partial charge in [-0.2, -0.15) is 10.5 Å². The molecule has 1 aromatic carbocycles. The lowest BCUT2D eigenvalue weighted by Crippen LogP contribution is -2.23. The molecule has 0 bridgehead atoms. The summed E-state index contributed by atoms with van der Waals surface area (Å²) in [6.07, 6.45) is 0. The first-order valence-corrected chi connectivity index (χ1v) is 6.62. The molecule has 0 aliphatic carbocycles. The fourth-order valence-corrected chi connectivity index (χ4v) is 2.54. The van der Waals surface area contributed by atoms with Crippen molar-refractivity contribution in [3.8, 4) is 12.1 Å². The second-order valence-corrected chi connectivity index (χ2v) is 5.33.